The van der Waals surface area contributed by atoms with Crippen molar-refractivity contribution in [3.05, 3.63) is 35.4 Å². The van der Waals surface area contributed by atoms with E-state index in [0.29, 0.717) is 12.6 Å². The number of nitrogens with zero attached hydrogens (tertiary/aromatic N) is 1. The molecule has 1 saturated heterocycles. The van der Waals surface area contributed by atoms with E-state index in [-0.39, 0.29) is 23.8 Å². The summed E-state index contributed by atoms with van der Waals surface area (Å²) >= 11 is 0. The van der Waals surface area contributed by atoms with Crippen molar-refractivity contribution in [1.29, 1.82) is 0 Å². The van der Waals surface area contributed by atoms with Crippen molar-refractivity contribution in [3.8, 4) is 0 Å². The summed E-state index contributed by atoms with van der Waals surface area (Å²) in [5.74, 6) is -2.04. The molecule has 102 valence electrons. The predicted octanol–water partition coefficient (Wildman–Crippen LogP) is 2.55. The Kier molecular flexibility index (Phi) is 3.93. The summed E-state index contributed by atoms with van der Waals surface area (Å²) in [6.45, 7) is 1.98. The van der Waals surface area contributed by atoms with Crippen molar-refractivity contribution >= 4 is 11.7 Å². The molecular weight excluding hydrogens is 252 g/mol. The molecule has 0 radical (unpaired) electrons. The van der Waals surface area contributed by atoms with E-state index < -0.39 is 17.5 Å². The van der Waals surface area contributed by atoms with Gasteiger partial charge in [0.15, 0.2) is 0 Å². The summed E-state index contributed by atoms with van der Waals surface area (Å²) in [7, 11) is 0. The van der Waals surface area contributed by atoms with Gasteiger partial charge < -0.3 is 4.90 Å². The molecule has 0 aliphatic carbocycles. The van der Waals surface area contributed by atoms with Gasteiger partial charge in [0.2, 0.25) is 0 Å². The van der Waals surface area contributed by atoms with E-state index in [1.54, 1.807) is 0 Å². The minimum Gasteiger partial charge on any atom is -0.335 e. The fourth-order valence-corrected chi connectivity index (χ4v) is 2.46. The van der Waals surface area contributed by atoms with Crippen molar-refractivity contribution < 1.29 is 18.4 Å². The number of ketones is 1. The van der Waals surface area contributed by atoms with Crippen LogP contribution in [-0.4, -0.2) is 29.2 Å². The predicted molar refractivity (Wildman–Crippen MR) is 65.7 cm³/mol. The standard InChI is InChI=1S/C14H15F2NO2/c1-9(18)7-11-3-2-6-17(11)14(19)12-5-4-10(15)8-13(12)16/h4-5,8,11H,2-3,6-7H2,1H3. The molecule has 1 aromatic rings. The van der Waals surface area contributed by atoms with E-state index in [4.69, 9.17) is 0 Å². The first-order chi connectivity index (χ1) is 8.99. The molecule has 0 saturated carbocycles. The molecule has 1 fully saturated rings. The minimum atomic E-state index is -0.863. The van der Waals surface area contributed by atoms with Gasteiger partial charge in [-0.05, 0) is 31.9 Å². The fourth-order valence-electron chi connectivity index (χ4n) is 2.46. The molecule has 19 heavy (non-hydrogen) atoms. The molecule has 2 rings (SSSR count). The van der Waals surface area contributed by atoms with Crippen LogP contribution in [0.1, 0.15) is 36.5 Å². The number of hydrogen-bond donors (Lipinski definition) is 0. The first kappa shape index (κ1) is 13.6. The number of likely N-dealkylation sites (tertiary alicyclic amines) is 1. The van der Waals surface area contributed by atoms with Crippen LogP contribution >= 0.6 is 0 Å². The van der Waals surface area contributed by atoms with E-state index in [0.717, 1.165) is 25.0 Å². The van der Waals surface area contributed by atoms with Gasteiger partial charge in [-0.25, -0.2) is 8.78 Å². The zero-order chi connectivity index (χ0) is 14.0. The van der Waals surface area contributed by atoms with Crippen LogP contribution in [0.3, 0.4) is 0 Å². The van der Waals surface area contributed by atoms with Gasteiger partial charge in [-0.15, -0.1) is 0 Å². The van der Waals surface area contributed by atoms with E-state index in [9.17, 15) is 18.4 Å². The summed E-state index contributed by atoms with van der Waals surface area (Å²) in [4.78, 5) is 24.9. The highest BCUT2D eigenvalue weighted by atomic mass is 19.1. The maximum absolute atomic E-state index is 13.6. The Morgan fingerprint density at radius 3 is 2.74 bits per heavy atom. The number of carbonyl (C=O) groups is 2. The third kappa shape index (κ3) is 2.97. The zero-order valence-corrected chi connectivity index (χ0v) is 10.7. The smallest absolute Gasteiger partial charge is 0.257 e. The van der Waals surface area contributed by atoms with Gasteiger partial charge in [0, 0.05) is 25.1 Å². The van der Waals surface area contributed by atoms with Gasteiger partial charge in [-0.1, -0.05) is 0 Å². The highest BCUT2D eigenvalue weighted by Gasteiger charge is 2.31. The summed E-state index contributed by atoms with van der Waals surface area (Å²) in [6.07, 6.45) is 1.83. The molecule has 0 aromatic heterocycles. The van der Waals surface area contributed by atoms with E-state index in [2.05, 4.69) is 0 Å². The first-order valence-electron chi connectivity index (χ1n) is 6.24. The summed E-state index contributed by atoms with van der Waals surface area (Å²) in [5, 5.41) is 0. The maximum Gasteiger partial charge on any atom is 0.257 e. The lowest BCUT2D eigenvalue weighted by molar-refractivity contribution is -0.117. The van der Waals surface area contributed by atoms with Gasteiger partial charge in [0.05, 0.1) is 5.56 Å². The van der Waals surface area contributed by atoms with Crippen LogP contribution in [0.4, 0.5) is 8.78 Å². The van der Waals surface area contributed by atoms with E-state index >= 15 is 0 Å². The Balaban J connectivity index is 2.20. The number of hydrogen-bond acceptors (Lipinski definition) is 2. The highest BCUT2D eigenvalue weighted by Crippen LogP contribution is 2.23. The summed E-state index contributed by atoms with van der Waals surface area (Å²) < 4.78 is 26.4. The number of benzene rings is 1. The molecule has 1 aromatic carbocycles. The Hall–Kier alpha value is -1.78. The largest absolute Gasteiger partial charge is 0.335 e. The number of rotatable bonds is 3. The van der Waals surface area contributed by atoms with Gasteiger partial charge >= 0.3 is 0 Å². The Labute approximate surface area is 110 Å². The first-order valence-corrected chi connectivity index (χ1v) is 6.24. The van der Waals surface area contributed by atoms with Crippen molar-refractivity contribution in [2.75, 3.05) is 6.54 Å². The zero-order valence-electron chi connectivity index (χ0n) is 10.7. The number of Topliss-reactive ketones (excluding diaryl/α,β-unsaturated/α-hetero) is 1. The van der Waals surface area contributed by atoms with Gasteiger partial charge in [-0.3, -0.25) is 9.59 Å². The van der Waals surface area contributed by atoms with Gasteiger partial charge in [0.25, 0.3) is 5.91 Å². The van der Waals surface area contributed by atoms with Crippen LogP contribution in [0.15, 0.2) is 18.2 Å². The van der Waals surface area contributed by atoms with Crippen molar-refractivity contribution in [3.63, 3.8) is 0 Å². The molecule has 0 N–H and O–H groups in total. The van der Waals surface area contributed by atoms with Crippen molar-refractivity contribution in [1.82, 2.24) is 4.90 Å². The fraction of sp³-hybridized carbons (Fsp3) is 0.429. The highest BCUT2D eigenvalue weighted by molar-refractivity contribution is 5.95. The van der Waals surface area contributed by atoms with Crippen LogP contribution in [0, 0.1) is 11.6 Å². The molecule has 1 atom stereocenters. The monoisotopic (exact) mass is 267 g/mol. The molecule has 1 aliphatic rings. The molecule has 0 bridgehead atoms. The minimum absolute atomic E-state index is 0.00396. The summed E-state index contributed by atoms with van der Waals surface area (Å²) in [6, 6.07) is 2.74. The number of amides is 1. The molecule has 1 heterocycles. The average Bonchev–Trinajstić information content (AvgIpc) is 2.75. The van der Waals surface area contributed by atoms with Gasteiger partial charge in [0.1, 0.15) is 17.4 Å². The number of carbonyl (C=O) groups excluding carboxylic acids is 2. The van der Waals surface area contributed by atoms with Gasteiger partial charge in [-0.2, -0.15) is 0 Å². The third-order valence-corrected chi connectivity index (χ3v) is 3.32. The van der Waals surface area contributed by atoms with E-state index in [1.807, 2.05) is 0 Å². The van der Waals surface area contributed by atoms with Crippen LogP contribution in [0.5, 0.6) is 0 Å². The summed E-state index contributed by atoms with van der Waals surface area (Å²) in [5.41, 5.74) is -0.142. The SMILES string of the molecule is CC(=O)CC1CCCN1C(=O)c1ccc(F)cc1F. The molecule has 0 spiro atoms. The molecule has 1 amide bonds. The van der Waals surface area contributed by atoms with Crippen molar-refractivity contribution in [2.45, 2.75) is 32.2 Å². The second-order valence-corrected chi connectivity index (χ2v) is 4.82. The third-order valence-electron chi connectivity index (χ3n) is 3.32. The van der Waals surface area contributed by atoms with Crippen LogP contribution in [0.2, 0.25) is 0 Å². The Morgan fingerprint density at radius 1 is 1.37 bits per heavy atom. The molecule has 1 aliphatic heterocycles. The Bertz CT molecular complexity index is 516. The van der Waals surface area contributed by atoms with Crippen LogP contribution in [0.25, 0.3) is 0 Å². The lowest BCUT2D eigenvalue weighted by Gasteiger charge is -2.24. The Morgan fingerprint density at radius 2 is 2.11 bits per heavy atom. The topological polar surface area (TPSA) is 37.4 Å². The quantitative estimate of drug-likeness (QED) is 0.844. The maximum atomic E-state index is 13.6. The second kappa shape index (κ2) is 5.47. The van der Waals surface area contributed by atoms with Crippen LogP contribution < -0.4 is 0 Å². The number of halogens is 2. The van der Waals surface area contributed by atoms with Crippen molar-refractivity contribution in [2.24, 2.45) is 0 Å². The molecule has 3 nitrogen and oxygen atoms in total. The normalized spacial score (nSPS) is 18.7. The second-order valence-electron chi connectivity index (χ2n) is 4.82. The molecule has 1 unspecified atom stereocenters. The molecule has 5 heteroatoms. The van der Waals surface area contributed by atoms with Crippen LogP contribution in [-0.2, 0) is 4.79 Å². The van der Waals surface area contributed by atoms with E-state index in [1.165, 1.54) is 11.8 Å². The lowest BCUT2D eigenvalue weighted by Crippen LogP contribution is -2.37. The lowest BCUT2D eigenvalue weighted by atomic mass is 10.1. The molecular formula is C14H15F2NO2. The average molecular weight is 267 g/mol.